The van der Waals surface area contributed by atoms with Crippen molar-refractivity contribution in [1.29, 1.82) is 0 Å². The van der Waals surface area contributed by atoms with Gasteiger partial charge in [0.05, 0.1) is 17.0 Å². The van der Waals surface area contributed by atoms with Gasteiger partial charge in [-0.3, -0.25) is 0 Å². The lowest BCUT2D eigenvalue weighted by atomic mass is 9.98. The zero-order valence-electron chi connectivity index (χ0n) is 18.5. The maximum atomic E-state index is 12.5. The highest BCUT2D eigenvalue weighted by molar-refractivity contribution is 7.82. The van der Waals surface area contributed by atoms with Crippen LogP contribution in [0.4, 0.5) is 5.69 Å². The van der Waals surface area contributed by atoms with Gasteiger partial charge in [0.1, 0.15) is 0 Å². The van der Waals surface area contributed by atoms with Crippen molar-refractivity contribution in [1.82, 2.24) is 4.31 Å². The first-order valence-corrected chi connectivity index (χ1v) is 12.4. The van der Waals surface area contributed by atoms with Crippen molar-refractivity contribution in [2.24, 2.45) is 0 Å². The van der Waals surface area contributed by atoms with Crippen LogP contribution in [-0.2, 0) is 17.4 Å². The van der Waals surface area contributed by atoms with Crippen LogP contribution < -0.4 is 4.90 Å². The summed E-state index contributed by atoms with van der Waals surface area (Å²) in [4.78, 5) is 2.50. The van der Waals surface area contributed by atoms with Crippen molar-refractivity contribution in [2.75, 3.05) is 30.3 Å². The summed E-state index contributed by atoms with van der Waals surface area (Å²) in [7, 11) is -0.915. The molecule has 0 aliphatic carbocycles. The second kappa shape index (κ2) is 11.7. The Morgan fingerprint density at radius 2 is 1.76 bits per heavy atom. The molecule has 1 saturated heterocycles. The Labute approximate surface area is 184 Å². The molecule has 3 nitrogen and oxygen atoms in total. The zero-order valence-corrected chi connectivity index (χ0v) is 20.0. The Bertz CT molecular complexity index is 794. The molecule has 2 aromatic rings. The highest BCUT2D eigenvalue weighted by Crippen LogP contribution is 2.34. The van der Waals surface area contributed by atoms with Gasteiger partial charge in [-0.25, -0.2) is 8.51 Å². The number of hydrogen-bond acceptors (Lipinski definition) is 2. The van der Waals surface area contributed by atoms with Crippen molar-refractivity contribution in [3.63, 3.8) is 0 Å². The van der Waals surface area contributed by atoms with Gasteiger partial charge in [0.2, 0.25) is 0 Å². The molecule has 2 aromatic carbocycles. The summed E-state index contributed by atoms with van der Waals surface area (Å²) in [6.45, 7) is 12.8. The predicted molar refractivity (Wildman–Crippen MR) is 128 cm³/mol. The fourth-order valence-electron chi connectivity index (χ4n) is 3.85. The number of hydrogen-bond donors (Lipinski definition) is 0. The van der Waals surface area contributed by atoms with Crippen LogP contribution >= 0.6 is 11.6 Å². The van der Waals surface area contributed by atoms with Gasteiger partial charge in [-0.1, -0.05) is 75.5 Å². The van der Waals surface area contributed by atoms with Gasteiger partial charge in [-0.2, -0.15) is 0 Å². The van der Waals surface area contributed by atoms with Gasteiger partial charge >= 0.3 is 0 Å². The molecule has 0 bridgehead atoms. The van der Waals surface area contributed by atoms with E-state index < -0.39 is 11.0 Å². The van der Waals surface area contributed by atoms with Gasteiger partial charge < -0.3 is 4.90 Å². The number of piperazine rings is 1. The third-order valence-corrected chi connectivity index (χ3v) is 6.85. The molecule has 5 heteroatoms. The van der Waals surface area contributed by atoms with Crippen molar-refractivity contribution in [3.8, 4) is 0 Å². The minimum Gasteiger partial charge on any atom is -0.362 e. The molecule has 1 heterocycles. The Kier molecular flexibility index (Phi) is 9.67. The number of rotatable bonds is 6. The topological polar surface area (TPSA) is 23.6 Å². The van der Waals surface area contributed by atoms with E-state index >= 15 is 0 Å². The summed E-state index contributed by atoms with van der Waals surface area (Å²) in [5.74, 6) is 0.666. The lowest BCUT2D eigenvalue weighted by Crippen LogP contribution is -2.49. The number of nitrogens with zero attached hydrogens (tertiary/aromatic N) is 2. The maximum absolute atomic E-state index is 12.5. The van der Waals surface area contributed by atoms with Crippen molar-refractivity contribution in [3.05, 3.63) is 64.2 Å². The smallest absolute Gasteiger partial charge is 0.0941 e. The summed E-state index contributed by atoms with van der Waals surface area (Å²) in [6, 6.07) is 15.1. The average molecular weight is 435 g/mol. The summed E-state index contributed by atoms with van der Waals surface area (Å²) in [6.07, 6.45) is 2.20. The normalized spacial score (nSPS) is 18.1. The molecule has 2 unspecified atom stereocenters. The van der Waals surface area contributed by atoms with Crippen LogP contribution in [-0.4, -0.2) is 33.9 Å². The molecular formula is C24H35ClN2OS. The van der Waals surface area contributed by atoms with Gasteiger partial charge in [0.15, 0.2) is 0 Å². The first kappa shape index (κ1) is 23.9. The Morgan fingerprint density at radius 3 is 2.38 bits per heavy atom. The SMILES string of the molecule is CC.CCCc1cc(C)ccc1N1CCN(S(=O)CC)CC1c1ccc(Cl)cc1. The first-order chi connectivity index (χ1) is 14.0. The second-order valence-electron chi connectivity index (χ2n) is 7.14. The van der Waals surface area contributed by atoms with Gasteiger partial charge in [-0.05, 0) is 42.7 Å². The minimum absolute atomic E-state index is 0.171. The lowest BCUT2D eigenvalue weighted by molar-refractivity contribution is 0.352. The van der Waals surface area contributed by atoms with Crippen LogP contribution in [0.3, 0.4) is 0 Å². The Balaban J connectivity index is 0.00000145. The standard InChI is InChI=1S/C22H29ClN2OS.C2H6/c1-4-6-19-15-17(3)7-12-21(19)25-14-13-24(27(26)5-2)16-22(25)18-8-10-20(23)11-9-18;1-2/h7-12,15,22H,4-6,13-14,16H2,1-3H3;1-2H3. The van der Waals surface area contributed by atoms with Crippen molar-refractivity contribution in [2.45, 2.75) is 53.5 Å². The van der Waals surface area contributed by atoms with Crippen molar-refractivity contribution >= 4 is 28.3 Å². The maximum Gasteiger partial charge on any atom is 0.0941 e. The van der Waals surface area contributed by atoms with E-state index in [4.69, 9.17) is 11.6 Å². The van der Waals surface area contributed by atoms with Crippen LogP contribution in [0.1, 0.15) is 56.8 Å². The van der Waals surface area contributed by atoms with E-state index in [1.165, 1.54) is 22.4 Å². The molecule has 3 rings (SSSR count). The van der Waals surface area contributed by atoms with E-state index in [2.05, 4.69) is 53.4 Å². The van der Waals surface area contributed by atoms with E-state index in [0.717, 1.165) is 37.5 Å². The molecule has 1 fully saturated rings. The minimum atomic E-state index is -0.915. The second-order valence-corrected chi connectivity index (χ2v) is 9.31. The van der Waals surface area contributed by atoms with Crippen LogP contribution in [0.2, 0.25) is 5.02 Å². The average Bonchev–Trinajstić information content (AvgIpc) is 2.75. The number of halogens is 1. The Morgan fingerprint density at radius 1 is 1.07 bits per heavy atom. The summed E-state index contributed by atoms with van der Waals surface area (Å²) in [5.41, 5.74) is 5.24. The Hall–Kier alpha value is -1.36. The number of anilines is 1. The highest BCUT2D eigenvalue weighted by Gasteiger charge is 2.31. The predicted octanol–water partition coefficient (Wildman–Crippen LogP) is 6.17. The summed E-state index contributed by atoms with van der Waals surface area (Å²) in [5, 5.41) is 0.747. The van der Waals surface area contributed by atoms with E-state index in [-0.39, 0.29) is 6.04 Å². The van der Waals surface area contributed by atoms with E-state index in [0.29, 0.717) is 5.75 Å². The quantitative estimate of drug-likeness (QED) is 0.542. The van der Waals surface area contributed by atoms with Crippen LogP contribution in [0.25, 0.3) is 0 Å². The third-order valence-electron chi connectivity index (χ3n) is 5.20. The molecule has 0 spiro atoms. The van der Waals surface area contributed by atoms with Gasteiger partial charge in [-0.15, -0.1) is 0 Å². The fourth-order valence-corrected chi connectivity index (χ4v) is 4.93. The van der Waals surface area contributed by atoms with E-state index in [1.807, 2.05) is 32.9 Å². The molecule has 160 valence electrons. The number of benzene rings is 2. The molecule has 2 atom stereocenters. The molecular weight excluding hydrogens is 400 g/mol. The monoisotopic (exact) mass is 434 g/mol. The number of aryl methyl sites for hydroxylation is 2. The van der Waals surface area contributed by atoms with Gasteiger partial charge in [0, 0.05) is 36.1 Å². The summed E-state index contributed by atoms with van der Waals surface area (Å²) < 4.78 is 14.6. The molecule has 0 amide bonds. The molecule has 0 aromatic heterocycles. The molecule has 1 aliphatic rings. The molecule has 0 saturated carbocycles. The van der Waals surface area contributed by atoms with Crippen LogP contribution in [0.5, 0.6) is 0 Å². The third kappa shape index (κ3) is 6.07. The van der Waals surface area contributed by atoms with Crippen molar-refractivity contribution < 1.29 is 4.21 Å². The fraction of sp³-hybridized carbons (Fsp3) is 0.500. The molecule has 29 heavy (non-hydrogen) atoms. The first-order valence-electron chi connectivity index (χ1n) is 10.8. The molecule has 0 N–H and O–H groups in total. The zero-order chi connectivity index (χ0) is 21.4. The van der Waals surface area contributed by atoms with Gasteiger partial charge in [0.25, 0.3) is 0 Å². The largest absolute Gasteiger partial charge is 0.362 e. The van der Waals surface area contributed by atoms with E-state index in [1.54, 1.807) is 0 Å². The van der Waals surface area contributed by atoms with E-state index in [9.17, 15) is 4.21 Å². The van der Waals surface area contributed by atoms with Crippen LogP contribution in [0.15, 0.2) is 42.5 Å². The summed E-state index contributed by atoms with van der Waals surface area (Å²) >= 11 is 6.12. The molecule has 0 radical (unpaired) electrons. The lowest BCUT2D eigenvalue weighted by Gasteiger charge is -2.43. The molecule has 1 aliphatic heterocycles. The highest BCUT2D eigenvalue weighted by atomic mass is 35.5. The van der Waals surface area contributed by atoms with Crippen LogP contribution in [0, 0.1) is 6.92 Å².